The van der Waals surface area contributed by atoms with Gasteiger partial charge in [0.1, 0.15) is 29.6 Å². The molecular formula is C31H31ClN2O6. The number of anilines is 1. The van der Waals surface area contributed by atoms with E-state index < -0.39 is 10.8 Å². The number of benzene rings is 3. The standard InChI is InChI=1S/C31H31ClN2O6/c1-17(2)26-15-27(32)20(5)11-30(26)38-16-24-7-8-28(39-24)31(35)33-22-12-23(34(36)37)14-25(13-22)40-29-10-18(3)9-19(4)21(29)6/h7-15,17H,16H2,1-6H3,(H,33,35). The number of nitro groups is 1. The number of nitro benzene ring substituents is 1. The Morgan fingerprint density at radius 1 is 1.00 bits per heavy atom. The quantitative estimate of drug-likeness (QED) is 0.161. The van der Waals surface area contributed by atoms with Crippen molar-refractivity contribution >= 4 is 28.9 Å². The lowest BCUT2D eigenvalue weighted by molar-refractivity contribution is -0.384. The number of hydrogen-bond donors (Lipinski definition) is 1. The Labute approximate surface area is 238 Å². The second-order valence-electron chi connectivity index (χ2n) is 10.1. The number of halogens is 1. The highest BCUT2D eigenvalue weighted by molar-refractivity contribution is 6.31. The summed E-state index contributed by atoms with van der Waals surface area (Å²) in [4.78, 5) is 24.0. The van der Waals surface area contributed by atoms with Gasteiger partial charge in [0.15, 0.2) is 5.76 Å². The zero-order chi connectivity index (χ0) is 29.1. The number of amides is 1. The van der Waals surface area contributed by atoms with E-state index in [2.05, 4.69) is 19.2 Å². The molecular weight excluding hydrogens is 532 g/mol. The topological polar surface area (TPSA) is 104 Å². The van der Waals surface area contributed by atoms with Crippen molar-refractivity contribution < 1.29 is 23.6 Å². The van der Waals surface area contributed by atoms with E-state index in [0.717, 1.165) is 27.8 Å². The molecule has 0 unspecified atom stereocenters. The number of nitrogens with one attached hydrogen (secondary N) is 1. The van der Waals surface area contributed by atoms with E-state index in [9.17, 15) is 14.9 Å². The summed E-state index contributed by atoms with van der Waals surface area (Å²) >= 11 is 6.28. The van der Waals surface area contributed by atoms with E-state index in [1.54, 1.807) is 6.07 Å². The van der Waals surface area contributed by atoms with Crippen LogP contribution in [0.2, 0.25) is 5.02 Å². The summed E-state index contributed by atoms with van der Waals surface area (Å²) in [6.07, 6.45) is 0. The monoisotopic (exact) mass is 562 g/mol. The van der Waals surface area contributed by atoms with Gasteiger partial charge in [0.25, 0.3) is 11.6 Å². The fourth-order valence-electron chi connectivity index (χ4n) is 4.22. The molecule has 4 aromatic rings. The molecule has 40 heavy (non-hydrogen) atoms. The van der Waals surface area contributed by atoms with Gasteiger partial charge in [-0.2, -0.15) is 0 Å². The van der Waals surface area contributed by atoms with E-state index in [1.807, 2.05) is 52.0 Å². The third-order valence-corrected chi connectivity index (χ3v) is 6.93. The first kappa shape index (κ1) is 28.7. The molecule has 1 amide bonds. The third-order valence-electron chi connectivity index (χ3n) is 6.52. The maximum atomic E-state index is 13.0. The summed E-state index contributed by atoms with van der Waals surface area (Å²) < 4.78 is 17.7. The highest BCUT2D eigenvalue weighted by atomic mass is 35.5. The molecule has 0 saturated heterocycles. The SMILES string of the molecule is Cc1cc(C)c(C)c(Oc2cc(NC(=O)c3ccc(COc4cc(C)c(Cl)cc4C(C)C)o3)cc([N+](=O)[O-])c2)c1. The van der Waals surface area contributed by atoms with Gasteiger partial charge in [0, 0.05) is 17.2 Å². The van der Waals surface area contributed by atoms with Crippen molar-refractivity contribution in [2.45, 2.75) is 54.1 Å². The fraction of sp³-hybridized carbons (Fsp3) is 0.258. The van der Waals surface area contributed by atoms with Crippen molar-refractivity contribution in [3.63, 3.8) is 0 Å². The summed E-state index contributed by atoms with van der Waals surface area (Å²) in [7, 11) is 0. The Hall–Kier alpha value is -4.30. The molecule has 0 aliphatic carbocycles. The van der Waals surface area contributed by atoms with Crippen LogP contribution < -0.4 is 14.8 Å². The molecule has 8 nitrogen and oxygen atoms in total. The molecule has 0 bridgehead atoms. The Balaban J connectivity index is 1.50. The van der Waals surface area contributed by atoms with E-state index in [4.69, 9.17) is 25.5 Å². The Bertz CT molecular complexity index is 1590. The van der Waals surface area contributed by atoms with Gasteiger partial charge in [-0.3, -0.25) is 14.9 Å². The van der Waals surface area contributed by atoms with Crippen LogP contribution in [0.25, 0.3) is 0 Å². The molecule has 1 aromatic heterocycles. The van der Waals surface area contributed by atoms with Gasteiger partial charge in [0.05, 0.1) is 16.7 Å². The summed E-state index contributed by atoms with van der Waals surface area (Å²) in [5.41, 5.74) is 4.81. The minimum Gasteiger partial charge on any atom is -0.485 e. The number of non-ortho nitro benzene ring substituents is 1. The van der Waals surface area contributed by atoms with Crippen molar-refractivity contribution in [3.05, 3.63) is 109 Å². The molecule has 0 saturated carbocycles. The van der Waals surface area contributed by atoms with Gasteiger partial charge in [-0.15, -0.1) is 0 Å². The van der Waals surface area contributed by atoms with Gasteiger partial charge < -0.3 is 19.2 Å². The molecule has 1 N–H and O–H groups in total. The molecule has 0 aliphatic heterocycles. The fourth-order valence-corrected chi connectivity index (χ4v) is 4.39. The Morgan fingerprint density at radius 2 is 1.75 bits per heavy atom. The van der Waals surface area contributed by atoms with Crippen LogP contribution in [-0.2, 0) is 6.61 Å². The van der Waals surface area contributed by atoms with E-state index >= 15 is 0 Å². The molecule has 0 fully saturated rings. The highest BCUT2D eigenvalue weighted by Gasteiger charge is 2.18. The second kappa shape index (κ2) is 11.8. The molecule has 3 aromatic carbocycles. The average Bonchev–Trinajstić information content (AvgIpc) is 3.36. The number of nitrogens with zero attached hydrogens (tertiary/aromatic N) is 1. The molecule has 0 atom stereocenters. The van der Waals surface area contributed by atoms with Crippen LogP contribution in [0, 0.1) is 37.8 Å². The number of ether oxygens (including phenoxy) is 2. The van der Waals surface area contributed by atoms with Crippen LogP contribution in [-0.4, -0.2) is 10.8 Å². The number of rotatable bonds is 9. The maximum Gasteiger partial charge on any atom is 0.291 e. The van der Waals surface area contributed by atoms with Crippen LogP contribution in [0.3, 0.4) is 0 Å². The number of carbonyl (C=O) groups excluding carboxylic acids is 1. The van der Waals surface area contributed by atoms with Crippen LogP contribution in [0.5, 0.6) is 17.2 Å². The smallest absolute Gasteiger partial charge is 0.291 e. The van der Waals surface area contributed by atoms with Gasteiger partial charge in [-0.25, -0.2) is 0 Å². The van der Waals surface area contributed by atoms with Crippen molar-refractivity contribution in [1.82, 2.24) is 0 Å². The third kappa shape index (κ3) is 6.63. The molecule has 0 radical (unpaired) electrons. The van der Waals surface area contributed by atoms with Crippen molar-refractivity contribution in [1.29, 1.82) is 0 Å². The summed E-state index contributed by atoms with van der Waals surface area (Å²) in [6.45, 7) is 11.9. The largest absolute Gasteiger partial charge is 0.485 e. The maximum absolute atomic E-state index is 13.0. The lowest BCUT2D eigenvalue weighted by atomic mass is 10.0. The summed E-state index contributed by atoms with van der Waals surface area (Å²) in [6, 6.07) is 15.0. The molecule has 0 aliphatic rings. The molecule has 1 heterocycles. The Morgan fingerprint density at radius 3 is 2.45 bits per heavy atom. The van der Waals surface area contributed by atoms with Gasteiger partial charge in [0.2, 0.25) is 0 Å². The minimum absolute atomic E-state index is 0.0362. The second-order valence-corrected chi connectivity index (χ2v) is 10.5. The van der Waals surface area contributed by atoms with E-state index in [1.165, 1.54) is 24.3 Å². The van der Waals surface area contributed by atoms with E-state index in [-0.39, 0.29) is 35.4 Å². The number of furan rings is 1. The number of aryl methyl sites for hydroxylation is 3. The molecule has 9 heteroatoms. The minimum atomic E-state index is -0.564. The van der Waals surface area contributed by atoms with Gasteiger partial charge in [-0.05, 0) is 91.8 Å². The van der Waals surface area contributed by atoms with E-state index in [0.29, 0.717) is 22.3 Å². The average molecular weight is 563 g/mol. The lowest BCUT2D eigenvalue weighted by Gasteiger charge is -2.15. The summed E-state index contributed by atoms with van der Waals surface area (Å²) in [5, 5.41) is 14.9. The lowest BCUT2D eigenvalue weighted by Crippen LogP contribution is -2.11. The van der Waals surface area contributed by atoms with Gasteiger partial charge >= 0.3 is 0 Å². The zero-order valence-corrected chi connectivity index (χ0v) is 24.0. The van der Waals surface area contributed by atoms with Crippen molar-refractivity contribution in [3.8, 4) is 17.2 Å². The first-order valence-electron chi connectivity index (χ1n) is 12.8. The van der Waals surface area contributed by atoms with Gasteiger partial charge in [-0.1, -0.05) is 31.5 Å². The first-order chi connectivity index (χ1) is 18.9. The van der Waals surface area contributed by atoms with Crippen LogP contribution in [0.15, 0.2) is 59.0 Å². The number of hydrogen-bond acceptors (Lipinski definition) is 6. The zero-order valence-electron chi connectivity index (χ0n) is 23.3. The Kier molecular flexibility index (Phi) is 8.49. The predicted octanol–water partition coefficient (Wildman–Crippen LogP) is 8.82. The first-order valence-corrected chi connectivity index (χ1v) is 13.2. The van der Waals surface area contributed by atoms with Crippen molar-refractivity contribution in [2.24, 2.45) is 0 Å². The number of carbonyl (C=O) groups is 1. The van der Waals surface area contributed by atoms with Crippen LogP contribution in [0.4, 0.5) is 11.4 Å². The molecule has 4 rings (SSSR count). The molecule has 0 spiro atoms. The molecule has 208 valence electrons. The van der Waals surface area contributed by atoms with Crippen LogP contribution in [0.1, 0.15) is 63.9 Å². The highest BCUT2D eigenvalue weighted by Crippen LogP contribution is 2.34. The predicted molar refractivity (Wildman–Crippen MR) is 155 cm³/mol. The van der Waals surface area contributed by atoms with Crippen molar-refractivity contribution in [2.75, 3.05) is 5.32 Å². The normalized spacial score (nSPS) is 11.0. The van der Waals surface area contributed by atoms with Crippen LogP contribution >= 0.6 is 11.6 Å². The summed E-state index contributed by atoms with van der Waals surface area (Å²) in [5.74, 6) is 1.63.